The molecule has 0 spiro atoms. The highest BCUT2D eigenvalue weighted by molar-refractivity contribution is 7.90. The fourth-order valence-electron chi connectivity index (χ4n) is 4.02. The number of carbonyl (C=O) groups is 1. The molecule has 0 atom stereocenters. The molecule has 1 aromatic carbocycles. The second kappa shape index (κ2) is 9.04. The lowest BCUT2D eigenvalue weighted by molar-refractivity contribution is -0.120. The van der Waals surface area contributed by atoms with Crippen molar-refractivity contribution in [2.75, 3.05) is 23.3 Å². The van der Waals surface area contributed by atoms with Crippen LogP contribution in [0.4, 0.5) is 11.4 Å². The van der Waals surface area contributed by atoms with Crippen molar-refractivity contribution in [3.8, 4) is 0 Å². The third-order valence-electron chi connectivity index (χ3n) is 6.08. The molecule has 6 nitrogen and oxygen atoms in total. The van der Waals surface area contributed by atoms with Crippen molar-refractivity contribution in [2.45, 2.75) is 76.5 Å². The Bertz CT molecular complexity index is 786. The Kier molecular flexibility index (Phi) is 6.89. The minimum atomic E-state index is -3.35. The number of anilines is 2. The van der Waals surface area contributed by atoms with Crippen LogP contribution in [0.5, 0.6) is 0 Å². The molecular formula is C22H35N3O3S. The monoisotopic (exact) mass is 421 g/mol. The summed E-state index contributed by atoms with van der Waals surface area (Å²) in [5, 5.41) is 3.03. The van der Waals surface area contributed by atoms with Gasteiger partial charge in [-0.05, 0) is 90.0 Å². The average Bonchev–Trinajstić information content (AvgIpc) is 2.68. The molecule has 1 saturated carbocycles. The Hall–Kier alpha value is -1.60. The molecule has 2 fully saturated rings. The van der Waals surface area contributed by atoms with Gasteiger partial charge in [0.25, 0.3) is 0 Å². The van der Waals surface area contributed by atoms with Gasteiger partial charge in [0, 0.05) is 36.4 Å². The average molecular weight is 422 g/mol. The largest absolute Gasteiger partial charge is 0.372 e. The van der Waals surface area contributed by atoms with Gasteiger partial charge in [0.15, 0.2) is 0 Å². The van der Waals surface area contributed by atoms with Gasteiger partial charge in [0.2, 0.25) is 15.9 Å². The minimum Gasteiger partial charge on any atom is -0.372 e. The smallest absolute Gasteiger partial charge is 0.227 e. The van der Waals surface area contributed by atoms with Crippen LogP contribution in [0.15, 0.2) is 24.3 Å². The molecule has 0 aromatic heterocycles. The van der Waals surface area contributed by atoms with Gasteiger partial charge in [0.05, 0.1) is 4.75 Å². The summed E-state index contributed by atoms with van der Waals surface area (Å²) >= 11 is 0. The van der Waals surface area contributed by atoms with E-state index in [4.69, 9.17) is 0 Å². The lowest BCUT2D eigenvalue weighted by Gasteiger charge is -2.31. The van der Waals surface area contributed by atoms with E-state index in [1.54, 1.807) is 20.8 Å². The molecule has 7 heteroatoms. The number of nitrogens with one attached hydrogen (secondary N) is 2. The molecule has 29 heavy (non-hydrogen) atoms. The summed E-state index contributed by atoms with van der Waals surface area (Å²) in [4.78, 5) is 15.0. The molecule has 1 aliphatic heterocycles. The van der Waals surface area contributed by atoms with E-state index in [1.165, 1.54) is 24.9 Å². The van der Waals surface area contributed by atoms with Gasteiger partial charge in [-0.3, -0.25) is 4.79 Å². The topological polar surface area (TPSA) is 78.5 Å². The zero-order chi connectivity index (χ0) is 21.1. The number of benzene rings is 1. The van der Waals surface area contributed by atoms with E-state index in [1.807, 2.05) is 12.1 Å². The first-order valence-corrected chi connectivity index (χ1v) is 12.3. The molecule has 3 rings (SSSR count). The van der Waals surface area contributed by atoms with Crippen molar-refractivity contribution in [2.24, 2.45) is 5.92 Å². The van der Waals surface area contributed by atoms with Crippen LogP contribution >= 0.6 is 0 Å². The van der Waals surface area contributed by atoms with Crippen LogP contribution in [0, 0.1) is 5.92 Å². The molecule has 0 radical (unpaired) electrons. The molecule has 1 aliphatic carbocycles. The van der Waals surface area contributed by atoms with Crippen LogP contribution < -0.4 is 14.9 Å². The van der Waals surface area contributed by atoms with Crippen molar-refractivity contribution in [3.05, 3.63) is 24.3 Å². The van der Waals surface area contributed by atoms with Gasteiger partial charge >= 0.3 is 0 Å². The Morgan fingerprint density at radius 3 is 2.10 bits per heavy atom. The first-order chi connectivity index (χ1) is 13.7. The lowest BCUT2D eigenvalue weighted by atomic mass is 9.86. The third kappa shape index (κ3) is 5.72. The van der Waals surface area contributed by atoms with Gasteiger partial charge in [-0.2, -0.15) is 0 Å². The first-order valence-electron chi connectivity index (χ1n) is 10.8. The maximum absolute atomic E-state index is 12.6. The summed E-state index contributed by atoms with van der Waals surface area (Å²) in [6, 6.07) is 8.04. The SMILES string of the molecule is CC(C)(C)S(=O)(=O)N[C@H]1CC[C@H](C(=O)Nc2ccc(N3CCCCC3)cc2)CC1. The van der Waals surface area contributed by atoms with Crippen LogP contribution in [0.3, 0.4) is 0 Å². The van der Waals surface area contributed by atoms with Crippen LogP contribution in [0.2, 0.25) is 0 Å². The van der Waals surface area contributed by atoms with Crippen molar-refractivity contribution < 1.29 is 13.2 Å². The highest BCUT2D eigenvalue weighted by Gasteiger charge is 2.34. The van der Waals surface area contributed by atoms with Gasteiger partial charge in [-0.15, -0.1) is 0 Å². The zero-order valence-corrected chi connectivity index (χ0v) is 18.7. The number of piperidine rings is 1. The molecule has 0 bridgehead atoms. The summed E-state index contributed by atoms with van der Waals surface area (Å²) in [6.07, 6.45) is 6.59. The van der Waals surface area contributed by atoms with E-state index in [2.05, 4.69) is 27.1 Å². The minimum absolute atomic E-state index is 0.0350. The van der Waals surface area contributed by atoms with Crippen molar-refractivity contribution >= 4 is 27.3 Å². The Labute approximate surface area is 175 Å². The number of sulfonamides is 1. The third-order valence-corrected chi connectivity index (χ3v) is 8.34. The molecule has 1 amide bonds. The fourth-order valence-corrected chi connectivity index (χ4v) is 5.05. The van der Waals surface area contributed by atoms with Gasteiger partial charge in [-0.1, -0.05) is 0 Å². The first kappa shape index (κ1) is 22.1. The van der Waals surface area contributed by atoms with E-state index < -0.39 is 14.8 Å². The second-order valence-corrected chi connectivity index (χ2v) is 11.8. The number of amides is 1. The normalized spacial score (nSPS) is 23.6. The van der Waals surface area contributed by atoms with Gasteiger partial charge < -0.3 is 10.2 Å². The maximum Gasteiger partial charge on any atom is 0.227 e. The van der Waals surface area contributed by atoms with Crippen LogP contribution in [0.1, 0.15) is 65.7 Å². The van der Waals surface area contributed by atoms with Gasteiger partial charge in [0.1, 0.15) is 0 Å². The molecule has 1 aromatic rings. The van der Waals surface area contributed by atoms with Crippen LogP contribution in [0.25, 0.3) is 0 Å². The van der Waals surface area contributed by atoms with E-state index in [0.717, 1.165) is 18.8 Å². The molecule has 1 saturated heterocycles. The zero-order valence-electron chi connectivity index (χ0n) is 17.9. The molecule has 2 aliphatic rings. The predicted molar refractivity (Wildman–Crippen MR) is 119 cm³/mol. The number of nitrogens with zero attached hydrogens (tertiary/aromatic N) is 1. The van der Waals surface area contributed by atoms with E-state index in [-0.39, 0.29) is 17.9 Å². The van der Waals surface area contributed by atoms with Crippen molar-refractivity contribution in [1.29, 1.82) is 0 Å². The van der Waals surface area contributed by atoms with E-state index >= 15 is 0 Å². The molecule has 162 valence electrons. The Balaban J connectivity index is 1.48. The summed E-state index contributed by atoms with van der Waals surface area (Å²) in [5.74, 6) is -0.0278. The summed E-state index contributed by atoms with van der Waals surface area (Å²) in [7, 11) is -3.35. The molecule has 0 unspecified atom stereocenters. The Morgan fingerprint density at radius 1 is 0.966 bits per heavy atom. The Morgan fingerprint density at radius 2 is 1.55 bits per heavy atom. The number of hydrogen-bond acceptors (Lipinski definition) is 4. The van der Waals surface area contributed by atoms with Crippen molar-refractivity contribution in [3.63, 3.8) is 0 Å². The lowest BCUT2D eigenvalue weighted by Crippen LogP contribution is -2.46. The van der Waals surface area contributed by atoms with E-state index in [9.17, 15) is 13.2 Å². The van der Waals surface area contributed by atoms with Gasteiger partial charge in [-0.25, -0.2) is 13.1 Å². The quantitative estimate of drug-likeness (QED) is 0.756. The van der Waals surface area contributed by atoms with Crippen LogP contribution in [-0.4, -0.2) is 38.2 Å². The predicted octanol–water partition coefficient (Wildman–Crippen LogP) is 3.89. The number of carbonyl (C=O) groups excluding carboxylic acids is 1. The molecular weight excluding hydrogens is 386 g/mol. The molecule has 2 N–H and O–H groups in total. The number of hydrogen-bond donors (Lipinski definition) is 2. The van der Waals surface area contributed by atoms with E-state index in [0.29, 0.717) is 25.7 Å². The van der Waals surface area contributed by atoms with Crippen LogP contribution in [-0.2, 0) is 14.8 Å². The second-order valence-electron chi connectivity index (χ2n) is 9.37. The maximum atomic E-state index is 12.6. The standard InChI is InChI=1S/C22H35N3O3S/c1-22(2,3)29(27,28)24-19-9-7-17(8-10-19)21(26)23-18-11-13-20(14-12-18)25-15-5-4-6-16-25/h11-14,17,19,24H,4-10,15-16H2,1-3H3,(H,23,26)/t17-,19-. The summed E-state index contributed by atoms with van der Waals surface area (Å²) < 4.78 is 26.6. The van der Waals surface area contributed by atoms with Crippen molar-refractivity contribution in [1.82, 2.24) is 4.72 Å². The highest BCUT2D eigenvalue weighted by Crippen LogP contribution is 2.28. The highest BCUT2D eigenvalue weighted by atomic mass is 32.2. The number of rotatable bonds is 5. The molecule has 1 heterocycles. The summed E-state index contributed by atoms with van der Waals surface area (Å²) in [5.41, 5.74) is 2.04. The fraction of sp³-hybridized carbons (Fsp3) is 0.682. The summed E-state index contributed by atoms with van der Waals surface area (Å²) in [6.45, 7) is 7.31.